The standard InChI is InChI=1S/C24H34N2O3/c1-4-5-6-7-10-17-28-21-15-13-20(14-16-21)25-18-24(27)26-22-11-8-9-12-23(22)29-19(2)3/h8-9,11-16,19,25H,4-7,10,17-18H2,1-3H3,(H,26,27). The number of carbonyl (C=O) groups excluding carboxylic acids is 1. The summed E-state index contributed by atoms with van der Waals surface area (Å²) in [6.45, 7) is 7.06. The van der Waals surface area contributed by atoms with Gasteiger partial charge < -0.3 is 20.1 Å². The van der Waals surface area contributed by atoms with Crippen LogP contribution < -0.4 is 20.1 Å². The van der Waals surface area contributed by atoms with E-state index in [1.807, 2.05) is 62.4 Å². The SMILES string of the molecule is CCCCCCCOc1ccc(NCC(=O)Nc2ccccc2OC(C)C)cc1. The number of amides is 1. The maximum Gasteiger partial charge on any atom is 0.243 e. The lowest BCUT2D eigenvalue weighted by Crippen LogP contribution is -2.22. The van der Waals surface area contributed by atoms with Crippen molar-refractivity contribution in [3.05, 3.63) is 48.5 Å². The summed E-state index contributed by atoms with van der Waals surface area (Å²) in [5.41, 5.74) is 1.55. The zero-order valence-electron chi connectivity index (χ0n) is 17.9. The van der Waals surface area contributed by atoms with Crippen molar-refractivity contribution in [1.82, 2.24) is 0 Å². The molecule has 0 aromatic heterocycles. The summed E-state index contributed by atoms with van der Waals surface area (Å²) in [6.07, 6.45) is 6.17. The molecule has 0 aliphatic heterocycles. The molecule has 0 saturated heterocycles. The van der Waals surface area contributed by atoms with Gasteiger partial charge >= 0.3 is 0 Å². The molecule has 0 spiro atoms. The first-order valence-electron chi connectivity index (χ1n) is 10.6. The van der Waals surface area contributed by atoms with Crippen LogP contribution in [0.2, 0.25) is 0 Å². The van der Waals surface area contributed by atoms with Crippen LogP contribution in [-0.2, 0) is 4.79 Å². The van der Waals surface area contributed by atoms with Gasteiger partial charge in [-0.2, -0.15) is 0 Å². The molecule has 5 nitrogen and oxygen atoms in total. The number of ether oxygens (including phenoxy) is 2. The molecular formula is C24H34N2O3. The van der Waals surface area contributed by atoms with E-state index >= 15 is 0 Å². The van der Waals surface area contributed by atoms with E-state index in [2.05, 4.69) is 17.6 Å². The van der Waals surface area contributed by atoms with Crippen molar-refractivity contribution in [2.24, 2.45) is 0 Å². The highest BCUT2D eigenvalue weighted by atomic mass is 16.5. The maximum atomic E-state index is 12.3. The van der Waals surface area contributed by atoms with E-state index in [9.17, 15) is 4.79 Å². The van der Waals surface area contributed by atoms with Crippen LogP contribution in [0.3, 0.4) is 0 Å². The van der Waals surface area contributed by atoms with Gasteiger partial charge in [-0.25, -0.2) is 0 Å². The second kappa shape index (κ2) is 12.7. The monoisotopic (exact) mass is 398 g/mol. The van der Waals surface area contributed by atoms with Crippen LogP contribution in [0.1, 0.15) is 52.9 Å². The minimum absolute atomic E-state index is 0.0447. The molecule has 0 radical (unpaired) electrons. The molecule has 1 amide bonds. The first kappa shape index (κ1) is 22.6. The van der Waals surface area contributed by atoms with Crippen LogP contribution in [-0.4, -0.2) is 25.2 Å². The van der Waals surface area contributed by atoms with Gasteiger partial charge in [-0.1, -0.05) is 44.7 Å². The Kier molecular flexibility index (Phi) is 9.90. The van der Waals surface area contributed by atoms with Crippen molar-refractivity contribution in [3.63, 3.8) is 0 Å². The fourth-order valence-corrected chi connectivity index (χ4v) is 2.87. The fourth-order valence-electron chi connectivity index (χ4n) is 2.87. The molecule has 0 aliphatic carbocycles. The van der Waals surface area contributed by atoms with E-state index < -0.39 is 0 Å². The molecule has 0 atom stereocenters. The third-order valence-corrected chi connectivity index (χ3v) is 4.35. The van der Waals surface area contributed by atoms with Crippen molar-refractivity contribution in [3.8, 4) is 11.5 Å². The Morgan fingerprint density at radius 2 is 1.69 bits per heavy atom. The quantitative estimate of drug-likeness (QED) is 0.414. The zero-order valence-corrected chi connectivity index (χ0v) is 17.9. The first-order chi connectivity index (χ1) is 14.1. The Morgan fingerprint density at radius 3 is 2.41 bits per heavy atom. The Bertz CT molecular complexity index is 729. The van der Waals surface area contributed by atoms with Crippen molar-refractivity contribution >= 4 is 17.3 Å². The van der Waals surface area contributed by atoms with E-state index in [0.717, 1.165) is 24.5 Å². The predicted octanol–water partition coefficient (Wildman–Crippen LogP) is 5.87. The second-order valence-electron chi connectivity index (χ2n) is 7.35. The fraction of sp³-hybridized carbons (Fsp3) is 0.458. The van der Waals surface area contributed by atoms with Crippen molar-refractivity contribution in [2.45, 2.75) is 59.0 Å². The van der Waals surface area contributed by atoms with Gasteiger partial charge in [0.05, 0.1) is 24.9 Å². The number of benzene rings is 2. The van der Waals surface area contributed by atoms with E-state index in [0.29, 0.717) is 11.4 Å². The van der Waals surface area contributed by atoms with Gasteiger partial charge in [0.25, 0.3) is 0 Å². The summed E-state index contributed by atoms with van der Waals surface area (Å²) in [5, 5.41) is 6.03. The molecule has 29 heavy (non-hydrogen) atoms. The largest absolute Gasteiger partial charge is 0.494 e. The Balaban J connectivity index is 1.74. The molecule has 0 fully saturated rings. The Hall–Kier alpha value is -2.69. The van der Waals surface area contributed by atoms with Crippen LogP contribution in [0, 0.1) is 0 Å². The van der Waals surface area contributed by atoms with E-state index in [4.69, 9.17) is 9.47 Å². The van der Waals surface area contributed by atoms with Crippen LogP contribution in [0.15, 0.2) is 48.5 Å². The summed E-state index contributed by atoms with van der Waals surface area (Å²) in [5.74, 6) is 1.40. The highest BCUT2D eigenvalue weighted by molar-refractivity contribution is 5.95. The number of rotatable bonds is 13. The second-order valence-corrected chi connectivity index (χ2v) is 7.35. The maximum absolute atomic E-state index is 12.3. The average Bonchev–Trinajstić information content (AvgIpc) is 2.71. The Morgan fingerprint density at radius 1 is 0.966 bits per heavy atom. The molecule has 2 rings (SSSR count). The van der Waals surface area contributed by atoms with Crippen LogP contribution in [0.25, 0.3) is 0 Å². The summed E-state index contributed by atoms with van der Waals surface area (Å²) >= 11 is 0. The smallest absolute Gasteiger partial charge is 0.243 e. The number of hydrogen-bond acceptors (Lipinski definition) is 4. The van der Waals surface area contributed by atoms with E-state index in [-0.39, 0.29) is 18.6 Å². The topological polar surface area (TPSA) is 59.6 Å². The van der Waals surface area contributed by atoms with Crippen molar-refractivity contribution in [1.29, 1.82) is 0 Å². The van der Waals surface area contributed by atoms with E-state index in [1.54, 1.807) is 0 Å². The molecule has 0 aliphatic rings. The number of carbonyl (C=O) groups is 1. The number of nitrogens with one attached hydrogen (secondary N) is 2. The van der Waals surface area contributed by atoms with Gasteiger partial charge in [0, 0.05) is 5.69 Å². The van der Waals surface area contributed by atoms with Crippen molar-refractivity contribution in [2.75, 3.05) is 23.8 Å². The Labute approximate surface area is 174 Å². The van der Waals surface area contributed by atoms with Gasteiger partial charge in [-0.3, -0.25) is 4.79 Å². The molecule has 2 aromatic rings. The lowest BCUT2D eigenvalue weighted by atomic mass is 10.2. The lowest BCUT2D eigenvalue weighted by Gasteiger charge is -2.15. The summed E-state index contributed by atoms with van der Waals surface area (Å²) in [6, 6.07) is 15.2. The number of unbranched alkanes of at least 4 members (excludes halogenated alkanes) is 4. The van der Waals surface area contributed by atoms with Gasteiger partial charge in [0.15, 0.2) is 0 Å². The summed E-state index contributed by atoms with van der Waals surface area (Å²) in [7, 11) is 0. The molecule has 0 unspecified atom stereocenters. The molecular weight excluding hydrogens is 364 g/mol. The summed E-state index contributed by atoms with van der Waals surface area (Å²) in [4.78, 5) is 12.3. The first-order valence-corrected chi connectivity index (χ1v) is 10.6. The molecule has 0 bridgehead atoms. The molecule has 158 valence electrons. The van der Waals surface area contributed by atoms with Gasteiger partial charge in [0.2, 0.25) is 5.91 Å². The molecule has 2 aromatic carbocycles. The minimum Gasteiger partial charge on any atom is -0.494 e. The molecule has 0 heterocycles. The minimum atomic E-state index is -0.128. The number of hydrogen-bond donors (Lipinski definition) is 2. The molecule has 2 N–H and O–H groups in total. The van der Waals surface area contributed by atoms with Crippen LogP contribution in [0.4, 0.5) is 11.4 Å². The van der Waals surface area contributed by atoms with E-state index in [1.165, 1.54) is 25.7 Å². The number of para-hydroxylation sites is 2. The molecule has 0 saturated carbocycles. The third-order valence-electron chi connectivity index (χ3n) is 4.35. The highest BCUT2D eigenvalue weighted by Crippen LogP contribution is 2.24. The summed E-state index contributed by atoms with van der Waals surface area (Å²) < 4.78 is 11.5. The normalized spacial score (nSPS) is 10.6. The average molecular weight is 399 g/mol. The van der Waals surface area contributed by atoms with Gasteiger partial charge in [0.1, 0.15) is 11.5 Å². The molecule has 5 heteroatoms. The van der Waals surface area contributed by atoms with Crippen molar-refractivity contribution < 1.29 is 14.3 Å². The predicted molar refractivity (Wildman–Crippen MR) is 120 cm³/mol. The third kappa shape index (κ3) is 8.90. The van der Waals surface area contributed by atoms with Gasteiger partial charge in [-0.05, 0) is 56.7 Å². The van der Waals surface area contributed by atoms with Gasteiger partial charge in [-0.15, -0.1) is 0 Å². The number of anilines is 2. The van der Waals surface area contributed by atoms with Crippen LogP contribution in [0.5, 0.6) is 11.5 Å². The zero-order chi connectivity index (χ0) is 20.9. The lowest BCUT2D eigenvalue weighted by molar-refractivity contribution is -0.114. The van der Waals surface area contributed by atoms with Crippen LogP contribution >= 0.6 is 0 Å². The highest BCUT2D eigenvalue weighted by Gasteiger charge is 2.08.